The Morgan fingerprint density at radius 3 is 2.68 bits per heavy atom. The van der Waals surface area contributed by atoms with Gasteiger partial charge in [0.25, 0.3) is 0 Å². The topological polar surface area (TPSA) is 40.6 Å². The lowest BCUT2D eigenvalue weighted by Gasteiger charge is -2.19. The SMILES string of the molecule is COc1cc2nc3c(c(Cl)c2cc1OC)COCC3. The van der Waals surface area contributed by atoms with Crippen molar-refractivity contribution in [2.24, 2.45) is 0 Å². The summed E-state index contributed by atoms with van der Waals surface area (Å²) in [6.07, 6.45) is 0.791. The van der Waals surface area contributed by atoms with E-state index in [0.29, 0.717) is 29.7 Å². The molecule has 100 valence electrons. The van der Waals surface area contributed by atoms with E-state index in [2.05, 4.69) is 4.98 Å². The molecule has 19 heavy (non-hydrogen) atoms. The summed E-state index contributed by atoms with van der Waals surface area (Å²) in [6, 6.07) is 3.72. The highest BCUT2D eigenvalue weighted by Crippen LogP contribution is 2.37. The highest BCUT2D eigenvalue weighted by Gasteiger charge is 2.19. The first-order chi connectivity index (χ1) is 9.24. The Hall–Kier alpha value is -1.52. The highest BCUT2D eigenvalue weighted by molar-refractivity contribution is 6.36. The van der Waals surface area contributed by atoms with Crippen molar-refractivity contribution in [1.29, 1.82) is 0 Å². The predicted molar refractivity (Wildman–Crippen MR) is 73.2 cm³/mol. The van der Waals surface area contributed by atoms with Crippen molar-refractivity contribution in [2.75, 3.05) is 20.8 Å². The first-order valence-corrected chi connectivity index (χ1v) is 6.43. The van der Waals surface area contributed by atoms with Crippen LogP contribution in [0.15, 0.2) is 12.1 Å². The maximum Gasteiger partial charge on any atom is 0.162 e. The third kappa shape index (κ3) is 2.01. The van der Waals surface area contributed by atoms with Gasteiger partial charge in [0.1, 0.15) is 0 Å². The largest absolute Gasteiger partial charge is 0.493 e. The smallest absolute Gasteiger partial charge is 0.162 e. The van der Waals surface area contributed by atoms with Crippen molar-refractivity contribution >= 4 is 22.5 Å². The van der Waals surface area contributed by atoms with Gasteiger partial charge in [-0.1, -0.05) is 11.6 Å². The van der Waals surface area contributed by atoms with Gasteiger partial charge in [-0.3, -0.25) is 4.98 Å². The molecule has 0 unspecified atom stereocenters. The lowest BCUT2D eigenvalue weighted by atomic mass is 10.1. The van der Waals surface area contributed by atoms with Gasteiger partial charge in [0.15, 0.2) is 11.5 Å². The minimum absolute atomic E-state index is 0.519. The fraction of sp³-hybridized carbons (Fsp3) is 0.357. The summed E-state index contributed by atoms with van der Waals surface area (Å²) in [5.74, 6) is 1.31. The number of hydrogen-bond donors (Lipinski definition) is 0. The monoisotopic (exact) mass is 279 g/mol. The number of rotatable bonds is 2. The molecule has 1 aromatic heterocycles. The quantitative estimate of drug-likeness (QED) is 0.847. The molecule has 2 heterocycles. The zero-order valence-electron chi connectivity index (χ0n) is 10.8. The molecule has 1 aliphatic heterocycles. The number of fused-ring (bicyclic) bond motifs is 2. The van der Waals surface area contributed by atoms with Crippen molar-refractivity contribution in [3.8, 4) is 11.5 Å². The minimum Gasteiger partial charge on any atom is -0.493 e. The van der Waals surface area contributed by atoms with Gasteiger partial charge in [-0.05, 0) is 6.07 Å². The number of hydrogen-bond acceptors (Lipinski definition) is 4. The summed E-state index contributed by atoms with van der Waals surface area (Å²) in [7, 11) is 3.21. The molecule has 0 atom stereocenters. The Balaban J connectivity index is 2.29. The van der Waals surface area contributed by atoms with Crippen LogP contribution in [0.2, 0.25) is 5.02 Å². The number of methoxy groups -OCH3 is 2. The molecular formula is C14H14ClNO3. The second-order valence-corrected chi connectivity index (χ2v) is 4.76. The van der Waals surface area contributed by atoms with Crippen LogP contribution >= 0.6 is 11.6 Å². The molecule has 2 aromatic rings. The van der Waals surface area contributed by atoms with Gasteiger partial charge in [-0.25, -0.2) is 0 Å². The van der Waals surface area contributed by atoms with E-state index in [1.165, 1.54) is 0 Å². The van der Waals surface area contributed by atoms with Gasteiger partial charge in [0.2, 0.25) is 0 Å². The van der Waals surface area contributed by atoms with E-state index in [1.54, 1.807) is 14.2 Å². The van der Waals surface area contributed by atoms with E-state index >= 15 is 0 Å². The molecule has 0 fully saturated rings. The minimum atomic E-state index is 0.519. The van der Waals surface area contributed by atoms with E-state index in [-0.39, 0.29) is 0 Å². The van der Waals surface area contributed by atoms with Gasteiger partial charge in [0.05, 0.1) is 43.7 Å². The van der Waals surface area contributed by atoms with Crippen molar-refractivity contribution < 1.29 is 14.2 Å². The number of nitrogens with zero attached hydrogens (tertiary/aromatic N) is 1. The van der Waals surface area contributed by atoms with E-state index < -0.39 is 0 Å². The number of aromatic nitrogens is 1. The van der Waals surface area contributed by atoms with Crippen LogP contribution in [0, 0.1) is 0 Å². The Bertz CT molecular complexity index is 637. The summed E-state index contributed by atoms with van der Waals surface area (Å²) < 4.78 is 16.0. The maximum absolute atomic E-state index is 6.47. The molecule has 5 heteroatoms. The molecule has 0 spiro atoms. The number of ether oxygens (including phenoxy) is 3. The first kappa shape index (κ1) is 12.5. The average Bonchev–Trinajstić information content (AvgIpc) is 2.46. The Kier molecular flexibility index (Phi) is 3.21. The molecule has 0 aliphatic carbocycles. The summed E-state index contributed by atoms with van der Waals surface area (Å²) in [4.78, 5) is 4.66. The van der Waals surface area contributed by atoms with E-state index in [0.717, 1.165) is 28.6 Å². The predicted octanol–water partition coefficient (Wildman–Crippen LogP) is 2.98. The lowest BCUT2D eigenvalue weighted by molar-refractivity contribution is 0.109. The Labute approximate surface area is 116 Å². The lowest BCUT2D eigenvalue weighted by Crippen LogP contribution is -2.12. The first-order valence-electron chi connectivity index (χ1n) is 6.05. The molecule has 0 bridgehead atoms. The van der Waals surface area contributed by atoms with E-state index in [9.17, 15) is 0 Å². The second-order valence-electron chi connectivity index (χ2n) is 4.38. The molecule has 0 radical (unpaired) electrons. The normalized spacial score (nSPS) is 14.3. The molecular weight excluding hydrogens is 266 g/mol. The Morgan fingerprint density at radius 1 is 1.21 bits per heavy atom. The molecule has 1 aromatic carbocycles. The fourth-order valence-electron chi connectivity index (χ4n) is 2.34. The van der Waals surface area contributed by atoms with Crippen molar-refractivity contribution in [1.82, 2.24) is 4.98 Å². The van der Waals surface area contributed by atoms with Crippen LogP contribution in [-0.2, 0) is 17.8 Å². The average molecular weight is 280 g/mol. The second kappa shape index (κ2) is 4.87. The summed E-state index contributed by atoms with van der Waals surface area (Å²) >= 11 is 6.47. The van der Waals surface area contributed by atoms with Crippen LogP contribution in [0.4, 0.5) is 0 Å². The van der Waals surface area contributed by atoms with Gasteiger partial charge in [0, 0.05) is 23.4 Å². The zero-order chi connectivity index (χ0) is 13.4. The van der Waals surface area contributed by atoms with Gasteiger partial charge < -0.3 is 14.2 Å². The number of pyridine rings is 1. The highest BCUT2D eigenvalue weighted by atomic mass is 35.5. The van der Waals surface area contributed by atoms with Crippen LogP contribution < -0.4 is 9.47 Å². The molecule has 4 nitrogen and oxygen atoms in total. The van der Waals surface area contributed by atoms with Crippen LogP contribution in [0.1, 0.15) is 11.3 Å². The van der Waals surface area contributed by atoms with Crippen LogP contribution in [0.5, 0.6) is 11.5 Å². The summed E-state index contributed by atoms with van der Waals surface area (Å²) in [5.41, 5.74) is 2.81. The number of halogens is 1. The van der Waals surface area contributed by atoms with Crippen LogP contribution in [0.25, 0.3) is 10.9 Å². The number of benzene rings is 1. The van der Waals surface area contributed by atoms with Gasteiger partial charge in [-0.2, -0.15) is 0 Å². The van der Waals surface area contributed by atoms with Crippen molar-refractivity contribution in [3.05, 3.63) is 28.4 Å². The zero-order valence-corrected chi connectivity index (χ0v) is 11.6. The summed E-state index contributed by atoms with van der Waals surface area (Å²) in [5, 5.41) is 1.56. The molecule has 1 aliphatic rings. The van der Waals surface area contributed by atoms with Crippen molar-refractivity contribution in [2.45, 2.75) is 13.0 Å². The summed E-state index contributed by atoms with van der Waals surface area (Å²) in [6.45, 7) is 1.21. The third-order valence-electron chi connectivity index (χ3n) is 3.34. The molecule has 0 saturated carbocycles. The van der Waals surface area contributed by atoms with Crippen molar-refractivity contribution in [3.63, 3.8) is 0 Å². The molecule has 0 amide bonds. The molecule has 0 saturated heterocycles. The van der Waals surface area contributed by atoms with E-state index in [1.807, 2.05) is 12.1 Å². The third-order valence-corrected chi connectivity index (χ3v) is 3.77. The fourth-order valence-corrected chi connectivity index (χ4v) is 2.65. The van der Waals surface area contributed by atoms with E-state index in [4.69, 9.17) is 25.8 Å². The maximum atomic E-state index is 6.47. The Morgan fingerprint density at radius 2 is 1.95 bits per heavy atom. The van der Waals surface area contributed by atoms with Gasteiger partial charge in [-0.15, -0.1) is 0 Å². The van der Waals surface area contributed by atoms with Gasteiger partial charge >= 0.3 is 0 Å². The standard InChI is InChI=1S/C14H14ClNO3/c1-17-12-5-8-11(6-13(12)18-2)16-10-3-4-19-7-9(10)14(8)15/h5-6H,3-4,7H2,1-2H3. The van der Waals surface area contributed by atoms with Crippen LogP contribution in [-0.4, -0.2) is 25.8 Å². The van der Waals surface area contributed by atoms with Crippen LogP contribution in [0.3, 0.4) is 0 Å². The molecule has 3 rings (SSSR count). The molecule has 0 N–H and O–H groups in total.